The molecule has 0 fully saturated rings. The second kappa shape index (κ2) is 4.86. The van der Waals surface area contributed by atoms with E-state index in [9.17, 15) is 14.0 Å². The van der Waals surface area contributed by atoms with E-state index < -0.39 is 17.8 Å². The van der Waals surface area contributed by atoms with Gasteiger partial charge in [-0.15, -0.1) is 0 Å². The van der Waals surface area contributed by atoms with Crippen molar-refractivity contribution in [3.63, 3.8) is 0 Å². The van der Waals surface area contributed by atoms with Crippen molar-refractivity contribution in [2.24, 2.45) is 9.98 Å². The van der Waals surface area contributed by atoms with E-state index in [4.69, 9.17) is 0 Å². The maximum atomic E-state index is 13.0. The number of anilines is 1. The SMILES string of the molecule is Cc1cc(F)cnc1C(=O)Nc1ccc2c(c1)=NC(=O)N=2. The molecule has 2 heterocycles. The molecule has 0 saturated carbocycles. The third-order valence-corrected chi connectivity index (χ3v) is 2.93. The van der Waals surface area contributed by atoms with Crippen LogP contribution in [0, 0.1) is 12.7 Å². The summed E-state index contributed by atoms with van der Waals surface area (Å²) in [6, 6.07) is 5.40. The molecule has 0 saturated heterocycles. The number of benzene rings is 1. The van der Waals surface area contributed by atoms with Crippen LogP contribution in [0.15, 0.2) is 40.4 Å². The minimum atomic E-state index is -0.565. The summed E-state index contributed by atoms with van der Waals surface area (Å²) < 4.78 is 13.0. The zero-order chi connectivity index (χ0) is 15.0. The fraction of sp³-hybridized carbons (Fsp3) is 0.0714. The van der Waals surface area contributed by atoms with Gasteiger partial charge in [-0.2, -0.15) is 9.98 Å². The van der Waals surface area contributed by atoms with Crippen molar-refractivity contribution in [1.29, 1.82) is 0 Å². The van der Waals surface area contributed by atoms with E-state index in [2.05, 4.69) is 20.3 Å². The number of hydrogen-bond acceptors (Lipinski definition) is 3. The summed E-state index contributed by atoms with van der Waals surface area (Å²) >= 11 is 0. The number of fused-ring (bicyclic) bond motifs is 1. The lowest BCUT2D eigenvalue weighted by atomic mass is 10.2. The largest absolute Gasteiger partial charge is 0.368 e. The highest BCUT2D eigenvalue weighted by molar-refractivity contribution is 6.03. The topological polar surface area (TPSA) is 83.8 Å². The predicted octanol–water partition coefficient (Wildman–Crippen LogP) is 1.15. The van der Waals surface area contributed by atoms with Gasteiger partial charge in [-0.3, -0.25) is 4.79 Å². The van der Waals surface area contributed by atoms with Crippen molar-refractivity contribution in [2.75, 3.05) is 5.32 Å². The molecule has 0 bridgehead atoms. The number of aromatic nitrogens is 1. The summed E-state index contributed by atoms with van der Waals surface area (Å²) in [4.78, 5) is 34.3. The zero-order valence-corrected chi connectivity index (χ0v) is 10.9. The first kappa shape index (κ1) is 13.0. The van der Waals surface area contributed by atoms with Gasteiger partial charge in [-0.05, 0) is 36.8 Å². The molecular formula is C14H9FN4O2. The van der Waals surface area contributed by atoms with E-state index in [1.807, 2.05) is 0 Å². The molecule has 0 radical (unpaired) electrons. The maximum absolute atomic E-state index is 13.0. The quantitative estimate of drug-likeness (QED) is 0.898. The average Bonchev–Trinajstić information content (AvgIpc) is 2.77. The Morgan fingerprint density at radius 2 is 1.95 bits per heavy atom. The van der Waals surface area contributed by atoms with Crippen molar-refractivity contribution < 1.29 is 14.0 Å². The molecule has 6 nitrogen and oxygen atoms in total. The summed E-state index contributed by atoms with van der Waals surface area (Å²) in [5.41, 5.74) is 1.02. The van der Waals surface area contributed by atoms with E-state index in [1.165, 1.54) is 6.07 Å². The van der Waals surface area contributed by atoms with E-state index in [0.29, 0.717) is 22.0 Å². The van der Waals surface area contributed by atoms with E-state index in [-0.39, 0.29) is 5.69 Å². The van der Waals surface area contributed by atoms with Gasteiger partial charge in [-0.1, -0.05) is 0 Å². The van der Waals surface area contributed by atoms with Gasteiger partial charge < -0.3 is 5.32 Å². The minimum Gasteiger partial charge on any atom is -0.321 e. The molecule has 21 heavy (non-hydrogen) atoms. The Labute approximate surface area is 118 Å². The van der Waals surface area contributed by atoms with Gasteiger partial charge in [-0.25, -0.2) is 14.2 Å². The van der Waals surface area contributed by atoms with Gasteiger partial charge in [0, 0.05) is 5.69 Å². The molecular weight excluding hydrogens is 275 g/mol. The molecule has 3 rings (SSSR count). The summed E-state index contributed by atoms with van der Waals surface area (Å²) in [6.45, 7) is 1.60. The van der Waals surface area contributed by atoms with Gasteiger partial charge in [0.05, 0.1) is 16.9 Å². The standard InChI is InChI=1S/C14H9FN4O2/c1-7-4-8(15)6-16-12(7)13(20)17-9-2-3-10-11(5-9)19-14(21)18-10/h2-6H,1H3,(H,17,20). The monoisotopic (exact) mass is 284 g/mol. The third-order valence-electron chi connectivity index (χ3n) is 2.93. The Hall–Kier alpha value is -2.96. The van der Waals surface area contributed by atoms with Crippen LogP contribution in [0.1, 0.15) is 16.1 Å². The number of hydrogen-bond donors (Lipinski definition) is 1. The van der Waals surface area contributed by atoms with Crippen LogP contribution in [0.2, 0.25) is 0 Å². The molecule has 0 unspecified atom stereocenters. The lowest BCUT2D eigenvalue weighted by molar-refractivity contribution is 0.102. The van der Waals surface area contributed by atoms with Crippen molar-refractivity contribution in [2.45, 2.75) is 6.92 Å². The molecule has 1 N–H and O–H groups in total. The number of urea groups is 1. The number of pyridine rings is 1. The number of nitrogens with one attached hydrogen (secondary N) is 1. The first-order valence-corrected chi connectivity index (χ1v) is 6.08. The number of rotatable bonds is 2. The average molecular weight is 284 g/mol. The Balaban J connectivity index is 1.90. The van der Waals surface area contributed by atoms with Crippen molar-refractivity contribution in [1.82, 2.24) is 4.98 Å². The van der Waals surface area contributed by atoms with Crippen LogP contribution < -0.4 is 16.0 Å². The number of carbonyl (C=O) groups is 2. The number of halogens is 1. The van der Waals surface area contributed by atoms with Gasteiger partial charge in [0.2, 0.25) is 0 Å². The first-order chi connectivity index (χ1) is 10.0. The summed E-state index contributed by atoms with van der Waals surface area (Å²) in [5.74, 6) is -0.964. The summed E-state index contributed by atoms with van der Waals surface area (Å²) in [6.07, 6.45) is 0.984. The molecule has 3 amide bonds. The van der Waals surface area contributed by atoms with E-state index >= 15 is 0 Å². The molecule has 7 heteroatoms. The van der Waals surface area contributed by atoms with Crippen LogP contribution in [0.4, 0.5) is 14.9 Å². The molecule has 104 valence electrons. The number of amides is 3. The number of aryl methyl sites for hydroxylation is 1. The second-order valence-electron chi connectivity index (χ2n) is 4.48. The fourth-order valence-electron chi connectivity index (χ4n) is 1.98. The van der Waals surface area contributed by atoms with Crippen molar-refractivity contribution >= 4 is 17.6 Å². The second-order valence-corrected chi connectivity index (χ2v) is 4.48. The molecule has 2 aromatic rings. The van der Waals surface area contributed by atoms with Crippen LogP contribution >= 0.6 is 0 Å². The lowest BCUT2D eigenvalue weighted by Gasteiger charge is -2.06. The highest BCUT2D eigenvalue weighted by Gasteiger charge is 2.13. The molecule has 1 aromatic carbocycles. The lowest BCUT2D eigenvalue weighted by Crippen LogP contribution is -2.23. The summed E-state index contributed by atoms with van der Waals surface area (Å²) in [7, 11) is 0. The van der Waals surface area contributed by atoms with Crippen LogP contribution in [0.3, 0.4) is 0 Å². The van der Waals surface area contributed by atoms with Gasteiger partial charge in [0.15, 0.2) is 0 Å². The number of carbonyl (C=O) groups excluding carboxylic acids is 2. The van der Waals surface area contributed by atoms with Crippen molar-refractivity contribution in [3.05, 3.63) is 58.3 Å². The minimum absolute atomic E-state index is 0.134. The summed E-state index contributed by atoms with van der Waals surface area (Å²) in [5, 5.41) is 3.50. The Kier molecular flexibility index (Phi) is 3.02. The Morgan fingerprint density at radius 3 is 2.71 bits per heavy atom. The Morgan fingerprint density at radius 1 is 1.19 bits per heavy atom. The highest BCUT2D eigenvalue weighted by atomic mass is 19.1. The van der Waals surface area contributed by atoms with Crippen LogP contribution in [-0.2, 0) is 0 Å². The molecule has 1 aliphatic rings. The maximum Gasteiger partial charge on any atom is 0.368 e. The fourth-order valence-corrected chi connectivity index (χ4v) is 1.98. The predicted molar refractivity (Wildman–Crippen MR) is 71.0 cm³/mol. The molecule has 1 aliphatic heterocycles. The normalized spacial score (nSPS) is 12.4. The van der Waals surface area contributed by atoms with E-state index in [1.54, 1.807) is 25.1 Å². The Bertz CT molecular complexity index is 892. The third kappa shape index (κ3) is 2.53. The highest BCUT2D eigenvalue weighted by Crippen LogP contribution is 2.10. The molecule has 0 spiro atoms. The van der Waals surface area contributed by atoms with Crippen LogP contribution in [0.5, 0.6) is 0 Å². The zero-order valence-electron chi connectivity index (χ0n) is 10.9. The smallest absolute Gasteiger partial charge is 0.321 e. The first-order valence-electron chi connectivity index (χ1n) is 6.08. The van der Waals surface area contributed by atoms with Crippen LogP contribution in [0.25, 0.3) is 0 Å². The van der Waals surface area contributed by atoms with Crippen molar-refractivity contribution in [3.8, 4) is 0 Å². The van der Waals surface area contributed by atoms with Gasteiger partial charge >= 0.3 is 6.03 Å². The van der Waals surface area contributed by atoms with E-state index in [0.717, 1.165) is 6.20 Å². The number of nitrogens with zero attached hydrogens (tertiary/aromatic N) is 3. The van der Waals surface area contributed by atoms with Gasteiger partial charge in [0.1, 0.15) is 11.5 Å². The molecule has 0 atom stereocenters. The molecule has 1 aromatic heterocycles. The van der Waals surface area contributed by atoms with Gasteiger partial charge in [0.25, 0.3) is 5.91 Å². The molecule has 0 aliphatic carbocycles. The van der Waals surface area contributed by atoms with Crippen LogP contribution in [-0.4, -0.2) is 16.9 Å².